The van der Waals surface area contributed by atoms with Gasteiger partial charge in [-0.15, -0.1) is 0 Å². The first-order valence-electron chi connectivity index (χ1n) is 9.04. The molecule has 27 heavy (non-hydrogen) atoms. The van der Waals surface area contributed by atoms with Crippen molar-refractivity contribution in [1.82, 2.24) is 0 Å². The van der Waals surface area contributed by atoms with Crippen LogP contribution in [0.25, 0.3) is 0 Å². The number of benzene rings is 1. The van der Waals surface area contributed by atoms with Crippen molar-refractivity contribution in [2.24, 2.45) is 0 Å². The fourth-order valence-electron chi connectivity index (χ4n) is 3.65. The molecule has 1 N–H and O–H groups in total. The van der Waals surface area contributed by atoms with Crippen LogP contribution in [-0.4, -0.2) is 49.1 Å². The summed E-state index contributed by atoms with van der Waals surface area (Å²) in [6.45, 7) is 0.520. The van der Waals surface area contributed by atoms with E-state index in [9.17, 15) is 26.8 Å². The maximum absolute atomic E-state index is 13.2. The molecular formula is C18H23F3NO4S+. The number of ether oxygens (including phenoxy) is 1. The van der Waals surface area contributed by atoms with Crippen LogP contribution in [0.15, 0.2) is 23.1 Å². The third-order valence-corrected chi connectivity index (χ3v) is 7.54. The van der Waals surface area contributed by atoms with E-state index in [-0.39, 0.29) is 42.6 Å². The van der Waals surface area contributed by atoms with Gasteiger partial charge in [-0.2, -0.15) is 13.2 Å². The van der Waals surface area contributed by atoms with Crippen molar-refractivity contribution in [1.29, 1.82) is 0 Å². The molecule has 0 unspecified atom stereocenters. The van der Waals surface area contributed by atoms with Gasteiger partial charge in [-0.3, -0.25) is 5.21 Å². The van der Waals surface area contributed by atoms with E-state index in [1.807, 2.05) is 0 Å². The molecule has 0 spiro atoms. The van der Waals surface area contributed by atoms with Crippen LogP contribution in [0.4, 0.5) is 13.2 Å². The number of hydrogen-bond donors (Lipinski definition) is 1. The minimum Gasteiger partial charge on any atom is -0.381 e. The van der Waals surface area contributed by atoms with Crippen molar-refractivity contribution in [3.05, 3.63) is 29.3 Å². The van der Waals surface area contributed by atoms with Gasteiger partial charge < -0.3 is 4.74 Å². The van der Waals surface area contributed by atoms with Crippen LogP contribution in [0.1, 0.15) is 49.7 Å². The highest BCUT2D eigenvalue weighted by Gasteiger charge is 2.37. The summed E-state index contributed by atoms with van der Waals surface area (Å²) in [5.41, 5.74) is -0.945. The molecule has 5 nitrogen and oxygen atoms in total. The van der Waals surface area contributed by atoms with Crippen LogP contribution in [-0.2, 0) is 20.8 Å². The highest BCUT2D eigenvalue weighted by molar-refractivity contribution is 7.92. The Morgan fingerprint density at radius 1 is 1.11 bits per heavy atom. The lowest BCUT2D eigenvalue weighted by molar-refractivity contribution is -0.795. The lowest BCUT2D eigenvalue weighted by atomic mass is 10.1. The molecule has 0 aromatic heterocycles. The van der Waals surface area contributed by atoms with Gasteiger partial charge in [0.2, 0.25) is 12.3 Å². The minimum absolute atomic E-state index is 0.0730. The number of rotatable bonds is 4. The van der Waals surface area contributed by atoms with Crippen molar-refractivity contribution in [2.75, 3.05) is 13.2 Å². The Bertz CT molecular complexity index is 808. The molecule has 1 aromatic rings. The molecule has 9 heteroatoms. The fraction of sp³-hybridized carbons (Fsp3) is 0.611. The maximum Gasteiger partial charge on any atom is 0.416 e. The van der Waals surface area contributed by atoms with Gasteiger partial charge in [0, 0.05) is 26.1 Å². The summed E-state index contributed by atoms with van der Waals surface area (Å²) in [7, 11) is -3.99. The van der Waals surface area contributed by atoms with Crippen LogP contribution in [0, 0.1) is 0 Å². The van der Waals surface area contributed by atoms with E-state index in [0.29, 0.717) is 6.07 Å². The van der Waals surface area contributed by atoms with E-state index in [2.05, 4.69) is 0 Å². The number of sulfone groups is 1. The Morgan fingerprint density at radius 2 is 1.74 bits per heavy atom. The zero-order valence-electron chi connectivity index (χ0n) is 14.8. The Morgan fingerprint density at radius 3 is 2.33 bits per heavy atom. The molecular weight excluding hydrogens is 383 g/mol. The van der Waals surface area contributed by atoms with E-state index in [0.717, 1.165) is 42.6 Å². The summed E-state index contributed by atoms with van der Waals surface area (Å²) < 4.78 is 71.7. The van der Waals surface area contributed by atoms with Crippen LogP contribution < -0.4 is 0 Å². The highest BCUT2D eigenvalue weighted by Crippen LogP contribution is 2.34. The largest absolute Gasteiger partial charge is 0.416 e. The summed E-state index contributed by atoms with van der Waals surface area (Å²) in [5, 5.41) is 9.48. The first-order chi connectivity index (χ1) is 12.7. The first kappa shape index (κ1) is 20.1. The van der Waals surface area contributed by atoms with Gasteiger partial charge in [-0.1, -0.05) is 0 Å². The Hall–Kier alpha value is -1.61. The van der Waals surface area contributed by atoms with Crippen molar-refractivity contribution >= 4 is 16.1 Å². The van der Waals surface area contributed by atoms with E-state index in [4.69, 9.17) is 4.74 Å². The number of hydroxylamine groups is 1. The molecule has 1 saturated heterocycles. The maximum atomic E-state index is 13.2. The molecule has 2 fully saturated rings. The zero-order valence-corrected chi connectivity index (χ0v) is 15.6. The molecule has 150 valence electrons. The molecule has 2 aliphatic rings. The molecule has 0 amide bonds. The van der Waals surface area contributed by atoms with E-state index < -0.39 is 26.8 Å². The van der Waals surface area contributed by atoms with Crippen LogP contribution in [0.3, 0.4) is 0 Å². The quantitative estimate of drug-likeness (QED) is 0.360. The van der Waals surface area contributed by atoms with Gasteiger partial charge in [0.1, 0.15) is 0 Å². The van der Waals surface area contributed by atoms with Gasteiger partial charge in [-0.25, -0.2) is 8.42 Å². The summed E-state index contributed by atoms with van der Waals surface area (Å²) in [6, 6.07) is 2.50. The predicted octanol–water partition coefficient (Wildman–Crippen LogP) is 3.42. The molecule has 1 aliphatic heterocycles. The molecule has 1 aromatic carbocycles. The normalized spacial score (nSPS) is 20.9. The first-order valence-corrected chi connectivity index (χ1v) is 10.6. The Labute approximate surface area is 156 Å². The van der Waals surface area contributed by atoms with Crippen molar-refractivity contribution in [2.45, 2.75) is 60.9 Å². The average Bonchev–Trinajstić information content (AvgIpc) is 3.16. The second kappa shape index (κ2) is 7.79. The van der Waals surface area contributed by atoms with Crippen molar-refractivity contribution in [3.8, 4) is 0 Å². The number of alkyl halides is 3. The summed E-state index contributed by atoms with van der Waals surface area (Å²) in [5.74, 6) is 0. The highest BCUT2D eigenvalue weighted by atomic mass is 32.2. The van der Waals surface area contributed by atoms with Gasteiger partial charge in [0.15, 0.2) is 9.84 Å². The molecule has 1 heterocycles. The van der Waals surface area contributed by atoms with E-state index >= 15 is 0 Å². The molecule has 3 rings (SSSR count). The second-order valence-electron chi connectivity index (χ2n) is 7.05. The summed E-state index contributed by atoms with van der Waals surface area (Å²) in [4.78, 5) is -0.388. The SMILES string of the molecule is O=S(=O)(c1cc(C(F)(F)F)ccc1/C=[N+](\O)C1CCCC1)C1CCOCC1. The van der Waals surface area contributed by atoms with Crippen LogP contribution in [0.5, 0.6) is 0 Å². The summed E-state index contributed by atoms with van der Waals surface area (Å²) in [6.07, 6.45) is 0.495. The lowest BCUT2D eigenvalue weighted by Crippen LogP contribution is -2.30. The van der Waals surface area contributed by atoms with Crippen LogP contribution >= 0.6 is 0 Å². The monoisotopic (exact) mass is 406 g/mol. The topological polar surface area (TPSA) is 66.6 Å². The van der Waals surface area contributed by atoms with Gasteiger partial charge in [-0.05, 0) is 48.6 Å². The second-order valence-corrected chi connectivity index (χ2v) is 9.25. The summed E-state index contributed by atoms with van der Waals surface area (Å²) >= 11 is 0. The number of halogens is 3. The molecule has 0 atom stereocenters. The van der Waals surface area contributed by atoms with Crippen molar-refractivity contribution in [3.63, 3.8) is 0 Å². The average molecular weight is 406 g/mol. The van der Waals surface area contributed by atoms with Crippen molar-refractivity contribution < 1.29 is 36.3 Å². The molecule has 1 aliphatic carbocycles. The van der Waals surface area contributed by atoms with Gasteiger partial charge in [0.25, 0.3) is 0 Å². The van der Waals surface area contributed by atoms with E-state index in [1.165, 1.54) is 6.21 Å². The molecule has 0 bridgehead atoms. The van der Waals surface area contributed by atoms with Crippen LogP contribution in [0.2, 0.25) is 0 Å². The number of nitrogens with zero attached hydrogens (tertiary/aromatic N) is 1. The number of hydrogen-bond acceptors (Lipinski definition) is 4. The van der Waals surface area contributed by atoms with E-state index in [1.54, 1.807) is 0 Å². The Kier molecular flexibility index (Phi) is 5.81. The molecule has 1 saturated carbocycles. The Balaban J connectivity index is 2.06. The van der Waals surface area contributed by atoms with Gasteiger partial charge in [0.05, 0.1) is 21.3 Å². The smallest absolute Gasteiger partial charge is 0.381 e. The zero-order chi connectivity index (χ0) is 19.7. The standard InChI is InChI=1S/C18H23F3NO4S/c19-18(20,21)14-6-5-13(12-22(23)15-3-1-2-4-15)17(11-14)27(24,25)16-7-9-26-10-8-16/h5-6,11-12,15-16,23H,1-4,7-10H2/q+1/b22-12-. The predicted molar refractivity (Wildman–Crippen MR) is 91.9 cm³/mol. The van der Waals surface area contributed by atoms with Gasteiger partial charge >= 0.3 is 6.18 Å². The lowest BCUT2D eigenvalue weighted by Gasteiger charge is -2.23. The molecule has 0 radical (unpaired) electrons. The fourth-order valence-corrected chi connectivity index (χ4v) is 5.56. The third kappa shape index (κ3) is 4.45. The minimum atomic E-state index is -4.65. The third-order valence-electron chi connectivity index (χ3n) is 5.22.